The van der Waals surface area contributed by atoms with E-state index in [1.165, 1.54) is 5.56 Å². The molecule has 6 nitrogen and oxygen atoms in total. The highest BCUT2D eigenvalue weighted by molar-refractivity contribution is 14.0. The van der Waals surface area contributed by atoms with Gasteiger partial charge in [0.1, 0.15) is 5.75 Å². The maximum absolute atomic E-state index is 5.67. The normalized spacial score (nSPS) is 16.4. The summed E-state index contributed by atoms with van der Waals surface area (Å²) < 4.78 is 11.0. The van der Waals surface area contributed by atoms with Crippen LogP contribution in [0.2, 0.25) is 0 Å². The molecule has 2 N–H and O–H groups in total. The van der Waals surface area contributed by atoms with E-state index < -0.39 is 0 Å². The molecule has 0 amide bonds. The number of hydrogen-bond donors (Lipinski definition) is 2. The maximum Gasteiger partial charge on any atom is 0.191 e. The average Bonchev–Trinajstić information content (AvgIpc) is 2.75. The van der Waals surface area contributed by atoms with Crippen LogP contribution in [-0.4, -0.2) is 69.4 Å². The van der Waals surface area contributed by atoms with Gasteiger partial charge in [-0.25, -0.2) is 0 Å². The number of guanidine groups is 1. The summed E-state index contributed by atoms with van der Waals surface area (Å²) in [5, 5.41) is 6.94. The van der Waals surface area contributed by atoms with Crippen LogP contribution in [0.4, 0.5) is 0 Å². The lowest BCUT2D eigenvalue weighted by Gasteiger charge is -2.37. The molecule has 178 valence electrons. The summed E-state index contributed by atoms with van der Waals surface area (Å²) in [6.07, 6.45) is 1.97. The number of benzene rings is 1. The van der Waals surface area contributed by atoms with Gasteiger partial charge in [0.05, 0.1) is 13.7 Å². The number of hydrogen-bond acceptors (Lipinski definition) is 4. The van der Waals surface area contributed by atoms with Crippen LogP contribution < -0.4 is 15.4 Å². The Morgan fingerprint density at radius 1 is 1.10 bits per heavy atom. The molecule has 1 saturated heterocycles. The van der Waals surface area contributed by atoms with E-state index >= 15 is 0 Å². The van der Waals surface area contributed by atoms with Crippen molar-refractivity contribution in [3.05, 3.63) is 29.8 Å². The topological polar surface area (TPSA) is 58.1 Å². The highest BCUT2D eigenvalue weighted by atomic mass is 127. The molecule has 0 aliphatic carbocycles. The third-order valence-electron chi connectivity index (χ3n) is 6.03. The zero-order valence-corrected chi connectivity index (χ0v) is 22.6. The van der Waals surface area contributed by atoms with Gasteiger partial charge in [-0.15, -0.1) is 24.0 Å². The van der Waals surface area contributed by atoms with Crippen LogP contribution >= 0.6 is 24.0 Å². The summed E-state index contributed by atoms with van der Waals surface area (Å²) in [5.74, 6) is 1.78. The van der Waals surface area contributed by atoms with Gasteiger partial charge in [0.2, 0.25) is 0 Å². The molecule has 1 aliphatic heterocycles. The third-order valence-corrected chi connectivity index (χ3v) is 6.03. The zero-order chi connectivity index (χ0) is 22.0. The third kappa shape index (κ3) is 8.42. The number of rotatable bonds is 10. The van der Waals surface area contributed by atoms with Crippen LogP contribution in [0.25, 0.3) is 0 Å². The van der Waals surface area contributed by atoms with Crippen molar-refractivity contribution in [2.75, 3.05) is 46.5 Å². The van der Waals surface area contributed by atoms with Gasteiger partial charge in [0.25, 0.3) is 0 Å². The van der Waals surface area contributed by atoms with E-state index in [4.69, 9.17) is 14.5 Å². The first-order chi connectivity index (χ1) is 14.4. The molecule has 1 aromatic carbocycles. The van der Waals surface area contributed by atoms with Crippen molar-refractivity contribution in [2.24, 2.45) is 4.99 Å². The first-order valence-corrected chi connectivity index (χ1v) is 11.4. The second kappa shape index (κ2) is 14.2. The Hall–Kier alpha value is -1.06. The summed E-state index contributed by atoms with van der Waals surface area (Å²) in [6.45, 7) is 16.2. The smallest absolute Gasteiger partial charge is 0.191 e. The minimum atomic E-state index is 0. The van der Waals surface area contributed by atoms with Crippen molar-refractivity contribution >= 4 is 29.9 Å². The Kier molecular flexibility index (Phi) is 12.8. The summed E-state index contributed by atoms with van der Waals surface area (Å²) in [7, 11) is 1.71. The van der Waals surface area contributed by atoms with Crippen LogP contribution in [0.5, 0.6) is 5.75 Å². The number of halogens is 1. The number of nitrogens with one attached hydrogen (secondary N) is 2. The molecule has 0 saturated carbocycles. The van der Waals surface area contributed by atoms with Crippen LogP contribution in [0.3, 0.4) is 0 Å². The Morgan fingerprint density at radius 3 is 2.23 bits per heavy atom. The molecule has 1 aromatic rings. The molecule has 0 radical (unpaired) electrons. The van der Waals surface area contributed by atoms with Crippen molar-refractivity contribution in [1.82, 2.24) is 15.5 Å². The molecule has 31 heavy (non-hydrogen) atoms. The molecule has 0 unspecified atom stereocenters. The predicted molar refractivity (Wildman–Crippen MR) is 141 cm³/mol. The average molecular weight is 547 g/mol. The van der Waals surface area contributed by atoms with Crippen molar-refractivity contribution < 1.29 is 9.47 Å². The number of nitrogens with zero attached hydrogens (tertiary/aromatic N) is 2. The first-order valence-electron chi connectivity index (χ1n) is 11.4. The van der Waals surface area contributed by atoms with Gasteiger partial charge in [-0.3, -0.25) is 9.89 Å². The number of aliphatic imine (C=N–C) groups is 1. The van der Waals surface area contributed by atoms with Crippen molar-refractivity contribution in [1.29, 1.82) is 0 Å². The van der Waals surface area contributed by atoms with Crippen LogP contribution in [0, 0.1) is 0 Å². The van der Waals surface area contributed by atoms with E-state index in [2.05, 4.69) is 62.3 Å². The van der Waals surface area contributed by atoms with E-state index in [0.29, 0.717) is 12.1 Å². The van der Waals surface area contributed by atoms with E-state index in [-0.39, 0.29) is 29.4 Å². The monoisotopic (exact) mass is 546 g/mol. The Bertz CT molecular complexity index is 635. The fraction of sp³-hybridized carbons (Fsp3) is 0.708. The standard InChI is InChI=1S/C24H42N4O2.HI/c1-7-25-23(26-14-15-28(19(2)3)20(4)5)27-18-24(12-16-30-17-13-24)21-8-10-22(29-6)11-9-21;/h8-11,19-20H,7,12-18H2,1-6H3,(H2,25,26,27);1H. The van der Waals surface area contributed by atoms with Gasteiger partial charge in [0, 0.05) is 50.3 Å². The van der Waals surface area contributed by atoms with Crippen molar-refractivity contribution in [2.45, 2.75) is 65.0 Å². The highest BCUT2D eigenvalue weighted by Gasteiger charge is 2.34. The molecule has 1 aliphatic rings. The van der Waals surface area contributed by atoms with Gasteiger partial charge in [-0.05, 0) is 65.2 Å². The summed E-state index contributed by atoms with van der Waals surface area (Å²) in [5.41, 5.74) is 1.33. The summed E-state index contributed by atoms with van der Waals surface area (Å²) >= 11 is 0. The Morgan fingerprint density at radius 2 is 1.71 bits per heavy atom. The fourth-order valence-corrected chi connectivity index (χ4v) is 4.23. The Labute approximate surface area is 206 Å². The van der Waals surface area contributed by atoms with Crippen molar-refractivity contribution in [3.63, 3.8) is 0 Å². The largest absolute Gasteiger partial charge is 0.497 e. The van der Waals surface area contributed by atoms with E-state index in [0.717, 1.165) is 63.9 Å². The second-order valence-electron chi connectivity index (χ2n) is 8.67. The zero-order valence-electron chi connectivity index (χ0n) is 20.2. The van der Waals surface area contributed by atoms with Gasteiger partial charge in [-0.2, -0.15) is 0 Å². The van der Waals surface area contributed by atoms with Gasteiger partial charge in [-0.1, -0.05) is 12.1 Å². The van der Waals surface area contributed by atoms with E-state index in [9.17, 15) is 0 Å². The molecule has 0 aromatic heterocycles. The summed E-state index contributed by atoms with van der Waals surface area (Å²) in [6, 6.07) is 9.53. The lowest BCUT2D eigenvalue weighted by atomic mass is 9.74. The molecule has 7 heteroatoms. The fourth-order valence-electron chi connectivity index (χ4n) is 4.23. The molecule has 1 heterocycles. The van der Waals surface area contributed by atoms with E-state index in [1.54, 1.807) is 7.11 Å². The SMILES string of the molecule is CCNC(=NCC1(c2ccc(OC)cc2)CCOCC1)NCCN(C(C)C)C(C)C.I. The molecular formula is C24H43IN4O2. The molecule has 0 bridgehead atoms. The lowest BCUT2D eigenvalue weighted by Crippen LogP contribution is -2.46. The molecule has 2 rings (SSSR count). The molecule has 1 fully saturated rings. The predicted octanol–water partition coefficient (Wildman–Crippen LogP) is 4.04. The van der Waals surface area contributed by atoms with Gasteiger partial charge < -0.3 is 20.1 Å². The molecule has 0 spiro atoms. The molecular weight excluding hydrogens is 503 g/mol. The highest BCUT2D eigenvalue weighted by Crippen LogP contribution is 2.36. The first kappa shape index (κ1) is 28.0. The number of ether oxygens (including phenoxy) is 2. The number of methoxy groups -OCH3 is 1. The van der Waals surface area contributed by atoms with Gasteiger partial charge >= 0.3 is 0 Å². The van der Waals surface area contributed by atoms with Crippen molar-refractivity contribution in [3.8, 4) is 5.75 Å². The summed E-state index contributed by atoms with van der Waals surface area (Å²) in [4.78, 5) is 7.50. The van der Waals surface area contributed by atoms with E-state index in [1.807, 2.05) is 12.1 Å². The minimum absolute atomic E-state index is 0. The maximum atomic E-state index is 5.67. The lowest BCUT2D eigenvalue weighted by molar-refractivity contribution is 0.0531. The minimum Gasteiger partial charge on any atom is -0.497 e. The quantitative estimate of drug-likeness (QED) is 0.264. The molecule has 0 atom stereocenters. The second-order valence-corrected chi connectivity index (χ2v) is 8.67. The van der Waals surface area contributed by atoms with Crippen LogP contribution in [0.15, 0.2) is 29.3 Å². The van der Waals surface area contributed by atoms with Crippen LogP contribution in [0.1, 0.15) is 53.0 Å². The Balaban J connectivity index is 0.00000480. The van der Waals surface area contributed by atoms with Gasteiger partial charge in [0.15, 0.2) is 5.96 Å². The van der Waals surface area contributed by atoms with Crippen LogP contribution in [-0.2, 0) is 10.2 Å².